The molecule has 35 heavy (non-hydrogen) atoms. The molecular weight excluding hydrogens is 457 g/mol. The molecular formula is C27H33F3N2O3. The minimum atomic E-state index is -4.49. The Morgan fingerprint density at radius 3 is 2.63 bits per heavy atom. The number of benzene rings is 1. The van der Waals surface area contributed by atoms with Gasteiger partial charge in [-0.15, -0.1) is 0 Å². The van der Waals surface area contributed by atoms with Crippen LogP contribution in [0.15, 0.2) is 36.4 Å². The minimum absolute atomic E-state index is 0.0408. The molecule has 8 heteroatoms. The second kappa shape index (κ2) is 8.27. The third kappa shape index (κ3) is 3.93. The first kappa shape index (κ1) is 24.2. The number of nitrogens with one attached hydrogen (secondary N) is 1. The first-order valence-electron chi connectivity index (χ1n) is 12.5. The Labute approximate surface area is 204 Å². The molecule has 3 fully saturated rings. The van der Waals surface area contributed by atoms with Crippen LogP contribution in [0.2, 0.25) is 0 Å². The number of carbonyl (C=O) groups is 2. The average Bonchev–Trinajstić information content (AvgIpc) is 3.12. The summed E-state index contributed by atoms with van der Waals surface area (Å²) in [4.78, 5) is 26.8. The second-order valence-electron chi connectivity index (χ2n) is 11.4. The van der Waals surface area contributed by atoms with Crippen LogP contribution in [0.5, 0.6) is 5.75 Å². The van der Waals surface area contributed by atoms with Crippen LogP contribution >= 0.6 is 0 Å². The SMILES string of the molecule is CN1C(=O)C=C[C@]2(C)C3CC[C@@]4(C)C(CC[C@@H]4NC(=O)Oc4cccc(C(F)(F)F)c4)[C@@H]3CCC12. The quantitative estimate of drug-likeness (QED) is 0.570. The van der Waals surface area contributed by atoms with Gasteiger partial charge in [-0.2, -0.15) is 13.2 Å². The lowest BCUT2D eigenvalue weighted by molar-refractivity contribution is -0.138. The maximum atomic E-state index is 13.0. The van der Waals surface area contributed by atoms with Crippen LogP contribution in [0.1, 0.15) is 57.9 Å². The van der Waals surface area contributed by atoms with Crippen molar-refractivity contribution in [3.63, 3.8) is 0 Å². The molecule has 1 N–H and O–H groups in total. The molecule has 1 aliphatic heterocycles. The number of amides is 2. The van der Waals surface area contributed by atoms with E-state index in [0.29, 0.717) is 17.8 Å². The lowest BCUT2D eigenvalue weighted by Crippen LogP contribution is -2.60. The van der Waals surface area contributed by atoms with Gasteiger partial charge >= 0.3 is 12.3 Å². The Bertz CT molecular complexity index is 1060. The Kier molecular flexibility index (Phi) is 5.72. The van der Waals surface area contributed by atoms with Gasteiger partial charge in [0.15, 0.2) is 0 Å². The number of rotatable bonds is 2. The monoisotopic (exact) mass is 490 g/mol. The van der Waals surface area contributed by atoms with Gasteiger partial charge in [-0.25, -0.2) is 4.79 Å². The van der Waals surface area contributed by atoms with Crippen molar-refractivity contribution in [2.75, 3.05) is 7.05 Å². The predicted molar refractivity (Wildman–Crippen MR) is 124 cm³/mol. The zero-order valence-corrected chi connectivity index (χ0v) is 20.4. The van der Waals surface area contributed by atoms with E-state index in [9.17, 15) is 22.8 Å². The molecule has 3 saturated carbocycles. The van der Waals surface area contributed by atoms with E-state index in [1.807, 2.05) is 11.9 Å². The van der Waals surface area contributed by atoms with Crippen molar-refractivity contribution < 1.29 is 27.5 Å². The Morgan fingerprint density at radius 2 is 1.89 bits per heavy atom. The van der Waals surface area contributed by atoms with Crippen molar-refractivity contribution in [1.29, 1.82) is 0 Å². The number of nitrogens with zero attached hydrogens (tertiary/aromatic N) is 1. The molecule has 3 unspecified atom stereocenters. The van der Waals surface area contributed by atoms with Gasteiger partial charge in [0.2, 0.25) is 5.91 Å². The third-order valence-electron chi connectivity index (χ3n) is 9.79. The maximum Gasteiger partial charge on any atom is 0.416 e. The van der Waals surface area contributed by atoms with Gasteiger partial charge in [0, 0.05) is 24.5 Å². The van der Waals surface area contributed by atoms with Crippen molar-refractivity contribution in [3.05, 3.63) is 42.0 Å². The Balaban J connectivity index is 1.29. The summed E-state index contributed by atoms with van der Waals surface area (Å²) >= 11 is 0. The number of hydrogen-bond acceptors (Lipinski definition) is 3. The number of alkyl halides is 3. The number of carbonyl (C=O) groups excluding carboxylic acids is 2. The summed E-state index contributed by atoms with van der Waals surface area (Å²) in [5, 5.41) is 2.99. The summed E-state index contributed by atoms with van der Waals surface area (Å²) in [7, 11) is 1.91. The van der Waals surface area contributed by atoms with E-state index >= 15 is 0 Å². The van der Waals surface area contributed by atoms with E-state index in [4.69, 9.17) is 4.74 Å². The molecule has 190 valence electrons. The molecule has 1 aromatic carbocycles. The van der Waals surface area contributed by atoms with Gasteiger partial charge in [0.1, 0.15) is 5.75 Å². The lowest BCUT2D eigenvalue weighted by atomic mass is 9.48. The van der Waals surface area contributed by atoms with Gasteiger partial charge in [-0.1, -0.05) is 26.0 Å². The highest BCUT2D eigenvalue weighted by molar-refractivity contribution is 5.89. The molecule has 1 aromatic rings. The van der Waals surface area contributed by atoms with E-state index in [1.165, 1.54) is 12.1 Å². The number of hydrogen-bond donors (Lipinski definition) is 1. The van der Waals surface area contributed by atoms with E-state index in [-0.39, 0.29) is 34.6 Å². The zero-order chi connectivity index (χ0) is 25.2. The molecule has 3 aliphatic carbocycles. The van der Waals surface area contributed by atoms with Crippen LogP contribution in [0.25, 0.3) is 0 Å². The molecule has 4 aliphatic rings. The third-order valence-corrected chi connectivity index (χ3v) is 9.79. The molecule has 5 rings (SSSR count). The minimum Gasteiger partial charge on any atom is -0.410 e. The van der Waals surface area contributed by atoms with Crippen LogP contribution in [-0.2, 0) is 11.0 Å². The van der Waals surface area contributed by atoms with E-state index in [1.54, 1.807) is 6.08 Å². The van der Waals surface area contributed by atoms with E-state index in [0.717, 1.165) is 50.7 Å². The van der Waals surface area contributed by atoms with Crippen molar-refractivity contribution >= 4 is 12.0 Å². The molecule has 1 heterocycles. The Morgan fingerprint density at radius 1 is 1.11 bits per heavy atom. The highest BCUT2D eigenvalue weighted by atomic mass is 19.4. The molecule has 0 radical (unpaired) electrons. The number of halogens is 3. The van der Waals surface area contributed by atoms with E-state index in [2.05, 4.69) is 25.2 Å². The summed E-state index contributed by atoms with van der Waals surface area (Å²) in [6, 6.07) is 4.55. The van der Waals surface area contributed by atoms with Crippen LogP contribution in [0, 0.1) is 28.6 Å². The van der Waals surface area contributed by atoms with Gasteiger partial charge in [-0.05, 0) is 86.0 Å². The average molecular weight is 491 g/mol. The fourth-order valence-electron chi connectivity index (χ4n) is 7.99. The maximum absolute atomic E-state index is 13.0. The highest BCUT2D eigenvalue weighted by Gasteiger charge is 2.60. The summed E-state index contributed by atoms with van der Waals surface area (Å²) in [5.74, 6) is 1.43. The molecule has 0 bridgehead atoms. The van der Waals surface area contributed by atoms with Crippen molar-refractivity contribution in [3.8, 4) is 5.75 Å². The Hall–Kier alpha value is -2.51. The molecule has 0 spiro atoms. The normalized spacial score (nSPS) is 38.4. The van der Waals surface area contributed by atoms with Crippen LogP contribution in [0.4, 0.5) is 18.0 Å². The molecule has 7 atom stereocenters. The summed E-state index contributed by atoms with van der Waals surface area (Å²) < 4.78 is 44.2. The molecule has 2 amide bonds. The zero-order valence-electron chi connectivity index (χ0n) is 20.4. The molecule has 5 nitrogen and oxygen atoms in total. The van der Waals surface area contributed by atoms with Gasteiger partial charge in [0.25, 0.3) is 0 Å². The first-order chi connectivity index (χ1) is 16.4. The summed E-state index contributed by atoms with van der Waals surface area (Å²) in [6.07, 6.45) is 4.55. The standard InChI is InChI=1S/C27H33F3N2O3/c1-25-13-11-20-18(7-10-22-26(20,2)14-12-23(33)32(22)3)19(25)8-9-21(25)31-24(34)35-17-6-4-5-16(15-17)27(28,29)30/h4-6,12,14-15,18-22H,7-11,13H2,1-3H3,(H,31,34)/t18-,19?,20?,21-,22?,25-,26+/m0/s1. The summed E-state index contributed by atoms with van der Waals surface area (Å²) in [5.41, 5.74) is -0.972. The smallest absolute Gasteiger partial charge is 0.410 e. The van der Waals surface area contributed by atoms with Crippen molar-refractivity contribution in [2.45, 2.75) is 70.6 Å². The second-order valence-corrected chi connectivity index (χ2v) is 11.4. The fourth-order valence-corrected chi connectivity index (χ4v) is 7.99. The predicted octanol–water partition coefficient (Wildman–Crippen LogP) is 5.80. The van der Waals surface area contributed by atoms with Gasteiger partial charge in [0.05, 0.1) is 5.56 Å². The van der Waals surface area contributed by atoms with Gasteiger partial charge < -0.3 is 15.0 Å². The topological polar surface area (TPSA) is 58.6 Å². The lowest BCUT2D eigenvalue weighted by Gasteiger charge is -2.60. The van der Waals surface area contributed by atoms with Gasteiger partial charge in [-0.3, -0.25) is 4.79 Å². The van der Waals surface area contributed by atoms with E-state index < -0.39 is 17.8 Å². The first-order valence-corrected chi connectivity index (χ1v) is 12.5. The number of likely N-dealkylation sites (N-methyl/N-ethyl adjacent to an activating group) is 1. The largest absolute Gasteiger partial charge is 0.416 e. The number of ether oxygens (including phenoxy) is 1. The fraction of sp³-hybridized carbons (Fsp3) is 0.630. The summed E-state index contributed by atoms with van der Waals surface area (Å²) in [6.45, 7) is 4.55. The van der Waals surface area contributed by atoms with Crippen LogP contribution in [-0.4, -0.2) is 36.0 Å². The highest BCUT2D eigenvalue weighted by Crippen LogP contribution is 2.63. The number of fused-ring (bicyclic) bond motifs is 5. The molecule has 0 aromatic heterocycles. The van der Waals surface area contributed by atoms with Crippen molar-refractivity contribution in [2.24, 2.45) is 28.6 Å². The molecule has 0 saturated heterocycles. The van der Waals surface area contributed by atoms with Crippen LogP contribution < -0.4 is 10.1 Å². The van der Waals surface area contributed by atoms with Crippen LogP contribution in [0.3, 0.4) is 0 Å². The van der Waals surface area contributed by atoms with Crippen molar-refractivity contribution in [1.82, 2.24) is 10.2 Å².